The molecule has 0 aliphatic heterocycles. The molecule has 128 valence electrons. The molecule has 0 spiro atoms. The van der Waals surface area contributed by atoms with E-state index in [-0.39, 0.29) is 12.3 Å². The molecule has 1 aliphatic carbocycles. The lowest BCUT2D eigenvalue weighted by Crippen LogP contribution is -2.28. The maximum Gasteiger partial charge on any atom is 0.227 e. The van der Waals surface area contributed by atoms with Gasteiger partial charge in [0.25, 0.3) is 0 Å². The fourth-order valence-electron chi connectivity index (χ4n) is 3.13. The molecule has 1 aromatic carbocycles. The Morgan fingerprint density at radius 3 is 2.88 bits per heavy atom. The Bertz CT molecular complexity index is 739. The maximum absolute atomic E-state index is 12.6. The molecule has 1 aliphatic rings. The number of fused-ring (bicyclic) bond motifs is 1. The number of rotatable bonds is 6. The summed E-state index contributed by atoms with van der Waals surface area (Å²) < 4.78 is 10.6. The third-order valence-electron chi connectivity index (χ3n) is 4.54. The number of hydrogen-bond acceptors (Lipinski definition) is 4. The second kappa shape index (κ2) is 6.95. The zero-order chi connectivity index (χ0) is 17.1. The number of carbonyl (C=O) groups excluding carboxylic acids is 1. The van der Waals surface area contributed by atoms with Gasteiger partial charge >= 0.3 is 0 Å². The lowest BCUT2D eigenvalue weighted by Gasteiger charge is -2.18. The molecule has 24 heavy (non-hydrogen) atoms. The van der Waals surface area contributed by atoms with Crippen LogP contribution in [0.25, 0.3) is 0 Å². The van der Waals surface area contributed by atoms with Crippen LogP contribution in [-0.4, -0.2) is 42.3 Å². The van der Waals surface area contributed by atoms with Crippen LogP contribution in [0.5, 0.6) is 11.5 Å². The van der Waals surface area contributed by atoms with Crippen molar-refractivity contribution in [3.63, 3.8) is 0 Å². The van der Waals surface area contributed by atoms with E-state index in [1.807, 2.05) is 19.2 Å². The van der Waals surface area contributed by atoms with Crippen LogP contribution in [0.4, 0.5) is 0 Å². The monoisotopic (exact) mass is 329 g/mol. The van der Waals surface area contributed by atoms with Gasteiger partial charge in [-0.2, -0.15) is 5.10 Å². The first kappa shape index (κ1) is 16.4. The van der Waals surface area contributed by atoms with Gasteiger partial charge in [0.2, 0.25) is 5.91 Å². The van der Waals surface area contributed by atoms with E-state index in [2.05, 4.69) is 10.2 Å². The Kier molecular flexibility index (Phi) is 4.74. The van der Waals surface area contributed by atoms with Crippen LogP contribution in [-0.2, 0) is 30.6 Å². The van der Waals surface area contributed by atoms with Crippen LogP contribution in [0.15, 0.2) is 18.2 Å². The number of benzene rings is 1. The highest BCUT2D eigenvalue weighted by Crippen LogP contribution is 2.26. The highest BCUT2D eigenvalue weighted by atomic mass is 16.5. The van der Waals surface area contributed by atoms with Crippen LogP contribution < -0.4 is 9.47 Å². The summed E-state index contributed by atoms with van der Waals surface area (Å²) in [6.07, 6.45) is 3.56. The van der Waals surface area contributed by atoms with E-state index in [9.17, 15) is 4.79 Å². The number of aryl methyl sites for hydroxylation is 1. The number of methoxy groups -OCH3 is 2. The van der Waals surface area contributed by atoms with Gasteiger partial charge in [-0.25, -0.2) is 0 Å². The van der Waals surface area contributed by atoms with Crippen LogP contribution in [0.1, 0.15) is 28.9 Å². The lowest BCUT2D eigenvalue weighted by molar-refractivity contribution is -0.129. The van der Waals surface area contributed by atoms with Gasteiger partial charge < -0.3 is 14.4 Å². The first-order valence-corrected chi connectivity index (χ1v) is 8.12. The first-order chi connectivity index (χ1) is 11.6. The van der Waals surface area contributed by atoms with Crippen molar-refractivity contribution in [3.8, 4) is 11.5 Å². The van der Waals surface area contributed by atoms with Gasteiger partial charge in [0.15, 0.2) is 0 Å². The van der Waals surface area contributed by atoms with Crippen molar-refractivity contribution in [2.75, 3.05) is 21.3 Å². The average molecular weight is 329 g/mol. The van der Waals surface area contributed by atoms with Gasteiger partial charge in [0, 0.05) is 24.4 Å². The van der Waals surface area contributed by atoms with Gasteiger partial charge in [-0.05, 0) is 30.9 Å². The highest BCUT2D eigenvalue weighted by Gasteiger charge is 2.21. The van der Waals surface area contributed by atoms with Crippen LogP contribution in [0.2, 0.25) is 0 Å². The van der Waals surface area contributed by atoms with E-state index in [1.54, 1.807) is 25.2 Å². The molecular formula is C18H23N3O3. The predicted molar refractivity (Wildman–Crippen MR) is 90.3 cm³/mol. The standard InChI is InChI=1S/C18H23N3O3/c1-21(11-16-14-5-4-6-15(14)19-20-16)18(22)9-12-7-8-13(23-2)10-17(12)24-3/h7-8,10H,4-6,9,11H2,1-3H3,(H,19,20). The Balaban J connectivity index is 1.68. The van der Waals surface area contributed by atoms with Crippen molar-refractivity contribution in [2.45, 2.75) is 32.2 Å². The largest absolute Gasteiger partial charge is 0.497 e. The second-order valence-electron chi connectivity index (χ2n) is 6.09. The minimum absolute atomic E-state index is 0.0354. The van der Waals surface area contributed by atoms with E-state index >= 15 is 0 Å². The third kappa shape index (κ3) is 3.22. The van der Waals surface area contributed by atoms with Crippen LogP contribution in [0, 0.1) is 0 Å². The Hall–Kier alpha value is -2.50. The van der Waals surface area contributed by atoms with E-state index in [4.69, 9.17) is 9.47 Å². The van der Waals surface area contributed by atoms with Gasteiger partial charge in [0.05, 0.1) is 32.9 Å². The van der Waals surface area contributed by atoms with Crippen molar-refractivity contribution in [1.82, 2.24) is 15.1 Å². The summed E-state index contributed by atoms with van der Waals surface area (Å²) in [6.45, 7) is 0.531. The molecule has 0 unspecified atom stereocenters. The second-order valence-corrected chi connectivity index (χ2v) is 6.09. The number of nitrogens with one attached hydrogen (secondary N) is 1. The Morgan fingerprint density at radius 1 is 1.29 bits per heavy atom. The van der Waals surface area contributed by atoms with E-state index < -0.39 is 0 Å². The molecular weight excluding hydrogens is 306 g/mol. The normalized spacial score (nSPS) is 12.8. The zero-order valence-electron chi connectivity index (χ0n) is 14.4. The average Bonchev–Trinajstić information content (AvgIpc) is 3.20. The van der Waals surface area contributed by atoms with Crippen molar-refractivity contribution < 1.29 is 14.3 Å². The number of H-pyrrole nitrogens is 1. The summed E-state index contributed by atoms with van der Waals surface area (Å²) in [6, 6.07) is 5.50. The summed E-state index contributed by atoms with van der Waals surface area (Å²) in [5.41, 5.74) is 4.35. The van der Waals surface area contributed by atoms with Gasteiger partial charge in [-0.15, -0.1) is 0 Å². The molecule has 0 saturated heterocycles. The number of aromatic amines is 1. The maximum atomic E-state index is 12.6. The quantitative estimate of drug-likeness (QED) is 0.881. The molecule has 3 rings (SSSR count). The molecule has 1 heterocycles. The molecule has 1 amide bonds. The Morgan fingerprint density at radius 2 is 2.12 bits per heavy atom. The van der Waals surface area contributed by atoms with Gasteiger partial charge in [0.1, 0.15) is 11.5 Å². The minimum Gasteiger partial charge on any atom is -0.497 e. The van der Waals surface area contributed by atoms with Gasteiger partial charge in [-0.3, -0.25) is 9.89 Å². The molecule has 0 atom stereocenters. The summed E-state index contributed by atoms with van der Waals surface area (Å²) >= 11 is 0. The molecule has 6 nitrogen and oxygen atoms in total. The van der Waals surface area contributed by atoms with E-state index in [1.165, 1.54) is 11.3 Å². The SMILES string of the molecule is COc1ccc(CC(=O)N(C)Cc2n[nH]c3c2CCC3)c(OC)c1. The Labute approximate surface area is 141 Å². The van der Waals surface area contributed by atoms with E-state index in [0.717, 1.165) is 30.5 Å². The number of likely N-dealkylation sites (N-methyl/N-ethyl adjacent to an activating group) is 1. The molecule has 1 aromatic heterocycles. The topological polar surface area (TPSA) is 67.5 Å². The number of hydrogen-bond donors (Lipinski definition) is 1. The molecule has 6 heteroatoms. The number of nitrogens with zero attached hydrogens (tertiary/aromatic N) is 2. The fourth-order valence-corrected chi connectivity index (χ4v) is 3.13. The van der Waals surface area contributed by atoms with Crippen molar-refractivity contribution in [3.05, 3.63) is 40.7 Å². The molecule has 0 radical (unpaired) electrons. The first-order valence-electron chi connectivity index (χ1n) is 8.12. The lowest BCUT2D eigenvalue weighted by atomic mass is 10.1. The smallest absolute Gasteiger partial charge is 0.227 e. The molecule has 0 bridgehead atoms. The number of aromatic nitrogens is 2. The molecule has 1 N–H and O–H groups in total. The summed E-state index contributed by atoms with van der Waals surface area (Å²) in [4.78, 5) is 14.3. The number of ether oxygens (including phenoxy) is 2. The van der Waals surface area contributed by atoms with Crippen molar-refractivity contribution >= 4 is 5.91 Å². The minimum atomic E-state index is 0.0354. The zero-order valence-corrected chi connectivity index (χ0v) is 14.4. The van der Waals surface area contributed by atoms with Gasteiger partial charge in [-0.1, -0.05) is 6.07 Å². The number of carbonyl (C=O) groups is 1. The van der Waals surface area contributed by atoms with Crippen LogP contribution >= 0.6 is 0 Å². The van der Waals surface area contributed by atoms with Crippen molar-refractivity contribution in [2.24, 2.45) is 0 Å². The fraction of sp³-hybridized carbons (Fsp3) is 0.444. The third-order valence-corrected chi connectivity index (χ3v) is 4.54. The van der Waals surface area contributed by atoms with Crippen molar-refractivity contribution in [1.29, 1.82) is 0 Å². The predicted octanol–water partition coefficient (Wildman–Crippen LogP) is 2.12. The number of amides is 1. The molecule has 2 aromatic rings. The molecule has 0 saturated carbocycles. The summed E-state index contributed by atoms with van der Waals surface area (Å²) in [5.74, 6) is 1.41. The van der Waals surface area contributed by atoms with E-state index in [0.29, 0.717) is 18.0 Å². The highest BCUT2D eigenvalue weighted by molar-refractivity contribution is 5.79. The summed E-state index contributed by atoms with van der Waals surface area (Å²) in [7, 11) is 5.02. The van der Waals surface area contributed by atoms with Crippen LogP contribution in [0.3, 0.4) is 0 Å². The molecule has 0 fully saturated rings. The summed E-state index contributed by atoms with van der Waals surface area (Å²) in [5, 5.41) is 7.45.